The SMILES string of the molecule is c1ccc(-n2c3c(-c4ccc5c(c4)c4ccc6c7ccccc7n7c8cccc5c8c4c67)ccc(-c4ccc5c(c4)c4ccccc4n5-c4ccc5c(c4)c4ccc6c7cc(-n8c9ccccc9c9ccccc98)ccc7c7cccc8c7c6c4n58)c3n3c4ccccc4nc23)cc1. The van der Waals surface area contributed by atoms with E-state index in [4.69, 9.17) is 4.98 Å². The highest BCUT2D eigenvalue weighted by atomic mass is 15.2. The van der Waals surface area contributed by atoms with Crippen molar-refractivity contribution in [1.82, 2.24) is 31.9 Å². The second-order valence-electron chi connectivity index (χ2n) is 27.3. The second kappa shape index (κ2) is 17.6. The van der Waals surface area contributed by atoms with Crippen LogP contribution >= 0.6 is 0 Å². The summed E-state index contributed by atoms with van der Waals surface area (Å²) in [6, 6.07) is 112. The van der Waals surface area contributed by atoms with Gasteiger partial charge in [0.25, 0.3) is 0 Å². The Morgan fingerprint density at radius 3 is 1.26 bits per heavy atom. The molecule has 0 atom stereocenters. The highest BCUT2D eigenvalue weighted by Gasteiger charge is 2.29. The predicted molar refractivity (Wildman–Crippen MR) is 411 cm³/mol. The fourth-order valence-electron chi connectivity index (χ4n) is 18.9. The summed E-state index contributed by atoms with van der Waals surface area (Å²) in [5.74, 6) is 0.875. The first-order valence-corrected chi connectivity index (χ1v) is 33.9. The zero-order chi connectivity index (χ0) is 63.1. The molecule has 0 amide bonds. The first-order valence-electron chi connectivity index (χ1n) is 33.9. The van der Waals surface area contributed by atoms with Gasteiger partial charge in [0.05, 0.1) is 77.2 Å². The van der Waals surface area contributed by atoms with E-state index in [9.17, 15) is 0 Å². The molecule has 0 aliphatic carbocycles. The van der Waals surface area contributed by atoms with Crippen LogP contribution in [0.5, 0.6) is 0 Å². The minimum atomic E-state index is 0.875. The van der Waals surface area contributed by atoms with Gasteiger partial charge in [-0.2, -0.15) is 0 Å². The third-order valence-electron chi connectivity index (χ3n) is 22.7. The molecule has 7 nitrogen and oxygen atoms in total. The van der Waals surface area contributed by atoms with Gasteiger partial charge in [0, 0.05) is 92.8 Å². The summed E-state index contributed by atoms with van der Waals surface area (Å²) in [5.41, 5.74) is 24.5. The summed E-state index contributed by atoms with van der Waals surface area (Å²) in [6.45, 7) is 0. The highest BCUT2D eigenvalue weighted by Crippen LogP contribution is 2.52. The van der Waals surface area contributed by atoms with Crippen molar-refractivity contribution in [3.05, 3.63) is 297 Å². The van der Waals surface area contributed by atoms with Gasteiger partial charge in [-0.05, 0) is 163 Å². The van der Waals surface area contributed by atoms with Crippen LogP contribution in [0.1, 0.15) is 0 Å². The van der Waals surface area contributed by atoms with E-state index in [0.29, 0.717) is 0 Å². The van der Waals surface area contributed by atoms with Gasteiger partial charge in [-0.3, -0.25) is 8.97 Å². The first kappa shape index (κ1) is 50.3. The van der Waals surface area contributed by atoms with Crippen LogP contribution in [0, 0.1) is 0 Å². The molecule has 8 heterocycles. The Bertz CT molecular complexity index is 7800. The number of imidazole rings is 2. The number of fused-ring (bicyclic) bond motifs is 25. The molecule has 8 aromatic heterocycles. The Hall–Kier alpha value is -13.2. The molecular weight excluding hydrogens is 1190 g/mol. The van der Waals surface area contributed by atoms with E-state index in [0.717, 1.165) is 67.0 Å². The summed E-state index contributed by atoms with van der Waals surface area (Å²) < 4.78 is 14.8. The first-order chi connectivity index (χ1) is 48.7. The van der Waals surface area contributed by atoms with Crippen molar-refractivity contribution in [2.45, 2.75) is 0 Å². The van der Waals surface area contributed by atoms with Crippen LogP contribution in [0.25, 0.3) is 230 Å². The summed E-state index contributed by atoms with van der Waals surface area (Å²) in [5, 5.41) is 25.6. The van der Waals surface area contributed by atoms with E-state index >= 15 is 0 Å². The zero-order valence-corrected chi connectivity index (χ0v) is 52.4. The Kier molecular flexibility index (Phi) is 9.01. The Morgan fingerprint density at radius 1 is 0.194 bits per heavy atom. The van der Waals surface area contributed by atoms with E-state index in [1.165, 1.54) is 163 Å². The number of para-hydroxylation sites is 7. The van der Waals surface area contributed by atoms with Crippen LogP contribution in [0.3, 0.4) is 0 Å². The Balaban J connectivity index is 0.694. The Morgan fingerprint density at radius 2 is 0.602 bits per heavy atom. The van der Waals surface area contributed by atoms with Gasteiger partial charge in [0.15, 0.2) is 0 Å². The van der Waals surface area contributed by atoms with E-state index in [1.54, 1.807) is 0 Å². The zero-order valence-electron chi connectivity index (χ0n) is 52.4. The quantitative estimate of drug-likeness (QED) is 0.158. The van der Waals surface area contributed by atoms with Gasteiger partial charge < -0.3 is 17.9 Å². The summed E-state index contributed by atoms with van der Waals surface area (Å²) in [6.07, 6.45) is 0. The number of hydrogen-bond donors (Lipinski definition) is 0. The van der Waals surface area contributed by atoms with E-state index in [-0.39, 0.29) is 0 Å². The van der Waals surface area contributed by atoms with E-state index < -0.39 is 0 Å². The lowest BCUT2D eigenvalue weighted by molar-refractivity contribution is 1.11. The Labute approximate surface area is 555 Å². The number of hydrogen-bond acceptors (Lipinski definition) is 1. The fourth-order valence-corrected chi connectivity index (χ4v) is 18.9. The van der Waals surface area contributed by atoms with Gasteiger partial charge in [0.2, 0.25) is 5.78 Å². The maximum absolute atomic E-state index is 5.53. The second-order valence-corrected chi connectivity index (χ2v) is 27.3. The predicted octanol–water partition coefficient (Wildman–Crippen LogP) is 23.7. The molecule has 7 heteroatoms. The molecule has 0 saturated heterocycles. The minimum Gasteiger partial charge on any atom is -0.309 e. The molecule has 98 heavy (non-hydrogen) atoms. The van der Waals surface area contributed by atoms with Crippen LogP contribution in [0.2, 0.25) is 0 Å². The lowest BCUT2D eigenvalue weighted by atomic mass is 9.90. The van der Waals surface area contributed by atoms with Gasteiger partial charge in [-0.25, -0.2) is 4.98 Å². The maximum atomic E-state index is 5.53. The van der Waals surface area contributed by atoms with Crippen LogP contribution in [-0.4, -0.2) is 31.9 Å². The van der Waals surface area contributed by atoms with Crippen molar-refractivity contribution in [1.29, 1.82) is 0 Å². The van der Waals surface area contributed by atoms with Gasteiger partial charge in [-0.15, -0.1) is 0 Å². The topological polar surface area (TPSA) is 40.9 Å². The number of nitrogens with zero attached hydrogens (tertiary/aromatic N) is 7. The molecule has 0 unspecified atom stereocenters. The molecule has 0 fully saturated rings. The fraction of sp³-hybridized carbons (Fsp3) is 0. The molecule has 0 spiro atoms. The molecule has 25 aromatic rings. The maximum Gasteiger partial charge on any atom is 0.220 e. The molecule has 25 rings (SSSR count). The van der Waals surface area contributed by atoms with Crippen molar-refractivity contribution >= 4 is 191 Å². The lowest BCUT2D eigenvalue weighted by Gasteiger charge is -2.15. The number of benzene rings is 17. The third kappa shape index (κ3) is 5.96. The van der Waals surface area contributed by atoms with Crippen LogP contribution in [0.15, 0.2) is 297 Å². The third-order valence-corrected chi connectivity index (χ3v) is 22.7. The molecule has 0 bridgehead atoms. The molecule has 0 aliphatic rings. The van der Waals surface area contributed by atoms with E-state index in [1.807, 2.05) is 0 Å². The van der Waals surface area contributed by atoms with Gasteiger partial charge >= 0.3 is 0 Å². The molecule has 0 aliphatic heterocycles. The monoisotopic (exact) mass is 1240 g/mol. The van der Waals surface area contributed by atoms with Crippen LogP contribution in [-0.2, 0) is 0 Å². The smallest absolute Gasteiger partial charge is 0.220 e. The van der Waals surface area contributed by atoms with Crippen LogP contribution < -0.4 is 0 Å². The van der Waals surface area contributed by atoms with E-state index in [2.05, 4.69) is 324 Å². The van der Waals surface area contributed by atoms with Crippen molar-refractivity contribution in [3.8, 4) is 39.3 Å². The normalized spacial score (nSPS) is 12.9. The summed E-state index contributed by atoms with van der Waals surface area (Å²) in [7, 11) is 0. The standard InChI is InChI=1S/C91H49N7/c1-2-16-52(17-3-1)95-89-55(50-32-36-57-63-22-14-30-81-83(63)85-65(69(57)46-50)40-42-67-61-20-6-12-28-77(61)96(81)87(67)85)38-39-56(90(89)98-80-29-13-8-24-73(80)92-91(95)98)51-33-44-78-71(47-51)62-21-7-11-27-76(62)94(78)54-35-45-79-72(49-54)68-43-41-66-70-48-53(93-74-25-9-4-18-59(74)60-19-5-10-26-75(60)93)34-37-58(70)64-23-15-31-82-84(64)86(66)88(68)97(79)82/h1-49H. The van der Waals surface area contributed by atoms with Crippen molar-refractivity contribution in [3.63, 3.8) is 0 Å². The van der Waals surface area contributed by atoms with Crippen LogP contribution in [0.4, 0.5) is 0 Å². The number of rotatable bonds is 5. The molecule has 448 valence electrons. The van der Waals surface area contributed by atoms with Gasteiger partial charge in [-0.1, -0.05) is 188 Å². The molecule has 17 aromatic carbocycles. The number of aromatic nitrogens is 7. The summed E-state index contributed by atoms with van der Waals surface area (Å²) >= 11 is 0. The van der Waals surface area contributed by atoms with Crippen molar-refractivity contribution < 1.29 is 0 Å². The molecular formula is C91H49N7. The van der Waals surface area contributed by atoms with Gasteiger partial charge in [0.1, 0.15) is 0 Å². The largest absolute Gasteiger partial charge is 0.309 e. The molecule has 0 saturated carbocycles. The highest BCUT2D eigenvalue weighted by molar-refractivity contribution is 6.41. The van der Waals surface area contributed by atoms with Crippen molar-refractivity contribution in [2.24, 2.45) is 0 Å². The summed E-state index contributed by atoms with van der Waals surface area (Å²) in [4.78, 5) is 5.53. The minimum absolute atomic E-state index is 0.875. The average Bonchev–Trinajstić information content (AvgIpc) is 1.52. The lowest BCUT2D eigenvalue weighted by Crippen LogP contribution is -1.97. The van der Waals surface area contributed by atoms with Crippen molar-refractivity contribution in [2.75, 3.05) is 0 Å². The molecule has 0 N–H and O–H groups in total. The average molecular weight is 1240 g/mol. The molecule has 0 radical (unpaired) electrons.